The van der Waals surface area contributed by atoms with E-state index < -0.39 is 17.6 Å². The fraction of sp³-hybridized carbons (Fsp3) is 0.889. The summed E-state index contributed by atoms with van der Waals surface area (Å²) in [4.78, 5) is 11.3. The number of nitrogens with two attached hydrogens (primary N) is 1. The molecule has 0 bridgehead atoms. The van der Waals surface area contributed by atoms with Crippen LogP contribution in [0.15, 0.2) is 0 Å². The zero-order chi connectivity index (χ0) is 11.4. The summed E-state index contributed by atoms with van der Waals surface area (Å²) in [6.45, 7) is 4.92. The molecule has 0 rings (SSSR count). The number of aliphatic hydroxyl groups is 1. The van der Waals surface area contributed by atoms with Gasteiger partial charge in [0, 0.05) is 7.11 Å². The molecular formula is C9H20ClNO4. The zero-order valence-electron chi connectivity index (χ0n) is 9.52. The number of halogens is 1. The van der Waals surface area contributed by atoms with E-state index in [4.69, 9.17) is 15.2 Å². The Kier molecular flexibility index (Phi) is 7.96. The molecule has 0 aliphatic heterocycles. The lowest BCUT2D eigenvalue weighted by Gasteiger charge is -2.25. The van der Waals surface area contributed by atoms with E-state index in [0.29, 0.717) is 6.61 Å². The van der Waals surface area contributed by atoms with Crippen LogP contribution < -0.4 is 5.73 Å². The topological polar surface area (TPSA) is 81.8 Å². The average molecular weight is 242 g/mol. The highest BCUT2D eigenvalue weighted by atomic mass is 35.5. The van der Waals surface area contributed by atoms with Gasteiger partial charge in [0.15, 0.2) is 0 Å². The highest BCUT2D eigenvalue weighted by Gasteiger charge is 2.31. The minimum atomic E-state index is -1.27. The van der Waals surface area contributed by atoms with Crippen LogP contribution in [0.2, 0.25) is 0 Å². The van der Waals surface area contributed by atoms with Crippen molar-refractivity contribution in [3.05, 3.63) is 0 Å². The number of methoxy groups -OCH3 is 1. The zero-order valence-corrected chi connectivity index (χ0v) is 10.3. The third-order valence-corrected chi connectivity index (χ3v) is 1.73. The molecule has 1 unspecified atom stereocenters. The van der Waals surface area contributed by atoms with E-state index in [1.54, 1.807) is 6.92 Å². The monoisotopic (exact) mass is 241 g/mol. The van der Waals surface area contributed by atoms with Crippen LogP contribution in [0.3, 0.4) is 0 Å². The molecule has 0 aromatic heterocycles. The van der Waals surface area contributed by atoms with E-state index in [9.17, 15) is 9.90 Å². The Labute approximate surface area is 96.3 Å². The SMILES string of the molecule is COCC(C)OC(=O)[C@@H](N)C(C)(C)O.Cl. The molecule has 0 amide bonds. The van der Waals surface area contributed by atoms with Gasteiger partial charge >= 0.3 is 5.97 Å². The molecule has 0 saturated carbocycles. The first-order valence-corrected chi connectivity index (χ1v) is 4.46. The van der Waals surface area contributed by atoms with Crippen LogP contribution in [-0.2, 0) is 14.3 Å². The quantitative estimate of drug-likeness (QED) is 0.667. The molecule has 3 N–H and O–H groups in total. The molecule has 0 heterocycles. The van der Waals surface area contributed by atoms with Gasteiger partial charge in [0.2, 0.25) is 0 Å². The van der Waals surface area contributed by atoms with Crippen LogP contribution in [0.4, 0.5) is 0 Å². The lowest BCUT2D eigenvalue weighted by molar-refractivity contribution is -0.157. The average Bonchev–Trinajstić information content (AvgIpc) is 2.01. The van der Waals surface area contributed by atoms with E-state index in [0.717, 1.165) is 0 Å². The summed E-state index contributed by atoms with van der Waals surface area (Å²) in [5, 5.41) is 9.44. The highest BCUT2D eigenvalue weighted by molar-refractivity contribution is 5.85. The lowest BCUT2D eigenvalue weighted by Crippen LogP contribution is -2.50. The molecule has 0 spiro atoms. The van der Waals surface area contributed by atoms with Crippen molar-refractivity contribution in [1.82, 2.24) is 0 Å². The largest absolute Gasteiger partial charge is 0.459 e. The molecule has 0 aromatic carbocycles. The van der Waals surface area contributed by atoms with Crippen LogP contribution in [0.25, 0.3) is 0 Å². The van der Waals surface area contributed by atoms with Gasteiger partial charge in [-0.1, -0.05) is 0 Å². The molecule has 15 heavy (non-hydrogen) atoms. The Hall–Kier alpha value is -0.360. The van der Waals surface area contributed by atoms with Crippen molar-refractivity contribution in [3.8, 4) is 0 Å². The first-order valence-electron chi connectivity index (χ1n) is 4.46. The van der Waals surface area contributed by atoms with Gasteiger partial charge in [-0.25, -0.2) is 0 Å². The summed E-state index contributed by atoms with van der Waals surface area (Å²) in [5.41, 5.74) is 4.20. The predicted octanol–water partition coefficient (Wildman–Crippen LogP) is 0.0845. The van der Waals surface area contributed by atoms with Gasteiger partial charge in [-0.2, -0.15) is 0 Å². The first-order chi connectivity index (χ1) is 6.29. The first kappa shape index (κ1) is 17.0. The van der Waals surface area contributed by atoms with Crippen LogP contribution in [0, 0.1) is 0 Å². The number of carbonyl (C=O) groups is 1. The molecule has 0 aliphatic carbocycles. The highest BCUT2D eigenvalue weighted by Crippen LogP contribution is 2.08. The maximum Gasteiger partial charge on any atom is 0.326 e. The second kappa shape index (κ2) is 7.00. The number of hydrogen-bond donors (Lipinski definition) is 2. The maximum atomic E-state index is 11.3. The molecule has 5 nitrogen and oxygen atoms in total. The second-order valence-electron chi connectivity index (χ2n) is 3.83. The fourth-order valence-electron chi connectivity index (χ4n) is 0.829. The van der Waals surface area contributed by atoms with E-state index in [1.165, 1.54) is 21.0 Å². The number of carbonyl (C=O) groups excluding carboxylic acids is 1. The van der Waals surface area contributed by atoms with Crippen molar-refractivity contribution in [2.75, 3.05) is 13.7 Å². The Morgan fingerprint density at radius 2 is 2.00 bits per heavy atom. The van der Waals surface area contributed by atoms with E-state index in [2.05, 4.69) is 0 Å². The standard InChI is InChI=1S/C9H19NO4.ClH/c1-6(5-13-4)14-8(11)7(10)9(2,3)12;/h6-7,12H,5,10H2,1-4H3;1H/t6?,7-;/m1./s1. The van der Waals surface area contributed by atoms with Gasteiger partial charge in [0.05, 0.1) is 12.2 Å². The second-order valence-corrected chi connectivity index (χ2v) is 3.83. The molecule has 0 saturated heterocycles. The summed E-state index contributed by atoms with van der Waals surface area (Å²) >= 11 is 0. The smallest absolute Gasteiger partial charge is 0.326 e. The summed E-state index contributed by atoms with van der Waals surface area (Å²) in [5.74, 6) is -0.623. The fourth-order valence-corrected chi connectivity index (χ4v) is 0.829. The molecule has 92 valence electrons. The van der Waals surface area contributed by atoms with E-state index in [1.807, 2.05) is 0 Å². The minimum absolute atomic E-state index is 0. The van der Waals surface area contributed by atoms with Crippen molar-refractivity contribution in [2.45, 2.75) is 38.5 Å². The van der Waals surface area contributed by atoms with Crippen molar-refractivity contribution in [1.29, 1.82) is 0 Å². The number of rotatable bonds is 5. The molecular weight excluding hydrogens is 222 g/mol. The van der Waals surface area contributed by atoms with Crippen molar-refractivity contribution >= 4 is 18.4 Å². The third kappa shape index (κ3) is 6.67. The van der Waals surface area contributed by atoms with Gasteiger partial charge in [-0.15, -0.1) is 12.4 Å². The molecule has 2 atom stereocenters. The number of esters is 1. The minimum Gasteiger partial charge on any atom is -0.459 e. The normalized spacial score (nSPS) is 15.1. The van der Waals surface area contributed by atoms with Crippen LogP contribution in [-0.4, -0.2) is 42.5 Å². The molecule has 0 aliphatic rings. The summed E-state index contributed by atoms with van der Waals surface area (Å²) < 4.78 is 9.72. The van der Waals surface area contributed by atoms with Gasteiger partial charge in [-0.05, 0) is 20.8 Å². The van der Waals surface area contributed by atoms with E-state index >= 15 is 0 Å². The van der Waals surface area contributed by atoms with Crippen LogP contribution >= 0.6 is 12.4 Å². The summed E-state index contributed by atoms with van der Waals surface area (Å²) in [7, 11) is 1.51. The Balaban J connectivity index is 0. The van der Waals surface area contributed by atoms with Crippen LogP contribution in [0.5, 0.6) is 0 Å². The molecule has 0 fully saturated rings. The summed E-state index contributed by atoms with van der Waals surface area (Å²) in [6, 6.07) is -1.04. The Bertz CT molecular complexity index is 193. The predicted molar refractivity (Wildman–Crippen MR) is 59.0 cm³/mol. The molecule has 6 heteroatoms. The Morgan fingerprint density at radius 3 is 2.33 bits per heavy atom. The van der Waals surface area contributed by atoms with Crippen LogP contribution in [0.1, 0.15) is 20.8 Å². The molecule has 0 radical (unpaired) electrons. The lowest BCUT2D eigenvalue weighted by atomic mass is 10.0. The Morgan fingerprint density at radius 1 is 1.53 bits per heavy atom. The maximum absolute atomic E-state index is 11.3. The van der Waals surface area contributed by atoms with Crippen molar-refractivity contribution < 1.29 is 19.4 Å². The van der Waals surface area contributed by atoms with Crippen molar-refractivity contribution in [3.63, 3.8) is 0 Å². The van der Waals surface area contributed by atoms with Gasteiger partial charge in [0.25, 0.3) is 0 Å². The number of hydrogen-bond acceptors (Lipinski definition) is 5. The van der Waals surface area contributed by atoms with Gasteiger partial charge in [-0.3, -0.25) is 4.79 Å². The third-order valence-electron chi connectivity index (χ3n) is 1.73. The van der Waals surface area contributed by atoms with Crippen molar-refractivity contribution in [2.24, 2.45) is 5.73 Å². The van der Waals surface area contributed by atoms with Gasteiger partial charge < -0.3 is 20.3 Å². The number of ether oxygens (including phenoxy) is 2. The van der Waals surface area contributed by atoms with E-state index in [-0.39, 0.29) is 18.5 Å². The molecule has 0 aromatic rings. The van der Waals surface area contributed by atoms with Gasteiger partial charge in [0.1, 0.15) is 12.1 Å². The summed E-state index contributed by atoms with van der Waals surface area (Å²) in [6.07, 6.45) is -0.360.